The molecule has 0 spiro atoms. The van der Waals surface area contributed by atoms with Crippen LogP contribution in [0.1, 0.15) is 38.2 Å². The van der Waals surface area contributed by atoms with Crippen LogP contribution in [0.2, 0.25) is 0 Å². The molecule has 0 heterocycles. The predicted molar refractivity (Wildman–Crippen MR) is 91.1 cm³/mol. The van der Waals surface area contributed by atoms with Gasteiger partial charge >= 0.3 is 0 Å². The normalized spacial score (nSPS) is 20.8. The van der Waals surface area contributed by atoms with Crippen LogP contribution in [0.3, 0.4) is 0 Å². The zero-order valence-corrected chi connectivity index (χ0v) is 14.1. The predicted octanol–water partition coefficient (Wildman–Crippen LogP) is 1.40. The molecule has 130 valence electrons. The number of hydrogen-bond acceptors (Lipinski definition) is 3. The van der Waals surface area contributed by atoms with Crippen molar-refractivity contribution in [3.63, 3.8) is 0 Å². The highest BCUT2D eigenvalue weighted by molar-refractivity contribution is 5.89. The Hall–Kier alpha value is -1.88. The molecule has 24 heavy (non-hydrogen) atoms. The Labute approximate surface area is 142 Å². The van der Waals surface area contributed by atoms with E-state index in [2.05, 4.69) is 22.8 Å². The molecule has 1 aromatic rings. The van der Waals surface area contributed by atoms with Gasteiger partial charge in [-0.05, 0) is 50.5 Å². The molecule has 3 atom stereocenters. The zero-order chi connectivity index (χ0) is 17.1. The van der Waals surface area contributed by atoms with Crippen LogP contribution < -0.4 is 10.6 Å². The summed E-state index contributed by atoms with van der Waals surface area (Å²) in [5, 5.41) is 15.7. The van der Waals surface area contributed by atoms with E-state index in [0.29, 0.717) is 5.92 Å². The summed E-state index contributed by atoms with van der Waals surface area (Å²) in [6.07, 6.45) is 3.85. The Morgan fingerprint density at radius 2 is 1.79 bits per heavy atom. The van der Waals surface area contributed by atoms with Crippen LogP contribution >= 0.6 is 0 Å². The van der Waals surface area contributed by atoms with Gasteiger partial charge in [-0.3, -0.25) is 9.59 Å². The van der Waals surface area contributed by atoms with Gasteiger partial charge in [-0.2, -0.15) is 0 Å². The van der Waals surface area contributed by atoms with Gasteiger partial charge in [0.1, 0.15) is 6.04 Å². The number of nitrogens with one attached hydrogen (secondary N) is 2. The molecule has 3 N–H and O–H groups in total. The first-order valence-electron chi connectivity index (χ1n) is 8.87. The summed E-state index contributed by atoms with van der Waals surface area (Å²) in [5.74, 6) is 0.0967. The van der Waals surface area contributed by atoms with E-state index in [0.717, 1.165) is 32.1 Å². The lowest BCUT2D eigenvalue weighted by atomic mass is 10.0. The molecule has 0 aliphatic heterocycles. The van der Waals surface area contributed by atoms with Crippen molar-refractivity contribution in [2.75, 3.05) is 0 Å². The molecule has 1 aromatic carbocycles. The highest BCUT2D eigenvalue weighted by Crippen LogP contribution is 2.34. The minimum Gasteiger partial charge on any atom is -0.391 e. The monoisotopic (exact) mass is 330 g/mol. The van der Waals surface area contributed by atoms with Gasteiger partial charge in [0.05, 0.1) is 6.10 Å². The summed E-state index contributed by atoms with van der Waals surface area (Å²) in [5.41, 5.74) is 1.19. The summed E-state index contributed by atoms with van der Waals surface area (Å²) in [6, 6.07) is 9.26. The van der Waals surface area contributed by atoms with E-state index in [1.165, 1.54) is 5.56 Å². The molecule has 0 saturated heterocycles. The molecule has 5 nitrogen and oxygen atoms in total. The fourth-order valence-corrected chi connectivity index (χ4v) is 3.00. The van der Waals surface area contributed by atoms with Crippen LogP contribution in [0, 0.1) is 11.8 Å². The van der Waals surface area contributed by atoms with Crippen LogP contribution in [0.15, 0.2) is 30.3 Å². The van der Waals surface area contributed by atoms with Crippen molar-refractivity contribution in [3.05, 3.63) is 35.9 Å². The molecule has 0 bridgehead atoms. The van der Waals surface area contributed by atoms with Gasteiger partial charge in [-0.25, -0.2) is 0 Å². The summed E-state index contributed by atoms with van der Waals surface area (Å²) < 4.78 is 0. The second-order valence-electron chi connectivity index (χ2n) is 7.14. The van der Waals surface area contributed by atoms with E-state index in [-0.39, 0.29) is 23.8 Å². The number of aliphatic hydroxyl groups excluding tert-OH is 1. The van der Waals surface area contributed by atoms with Crippen molar-refractivity contribution in [3.8, 4) is 0 Å². The summed E-state index contributed by atoms with van der Waals surface area (Å²) in [6.45, 7) is 1.54. The van der Waals surface area contributed by atoms with E-state index in [1.54, 1.807) is 6.92 Å². The van der Waals surface area contributed by atoms with Crippen molar-refractivity contribution in [2.45, 2.75) is 57.2 Å². The number of amides is 2. The van der Waals surface area contributed by atoms with Crippen molar-refractivity contribution in [1.82, 2.24) is 10.6 Å². The molecule has 2 aliphatic rings. The van der Waals surface area contributed by atoms with Gasteiger partial charge in [-0.1, -0.05) is 30.3 Å². The maximum Gasteiger partial charge on any atom is 0.245 e. The first-order chi connectivity index (χ1) is 11.5. The van der Waals surface area contributed by atoms with Gasteiger partial charge in [0.2, 0.25) is 11.8 Å². The lowest BCUT2D eigenvalue weighted by Gasteiger charge is -2.25. The molecule has 0 aromatic heterocycles. The third-order valence-corrected chi connectivity index (χ3v) is 4.83. The quantitative estimate of drug-likeness (QED) is 0.674. The first kappa shape index (κ1) is 17.0. The topological polar surface area (TPSA) is 78.4 Å². The van der Waals surface area contributed by atoms with Crippen LogP contribution in [0.25, 0.3) is 0 Å². The van der Waals surface area contributed by atoms with Crippen molar-refractivity contribution < 1.29 is 14.7 Å². The Morgan fingerprint density at radius 1 is 1.12 bits per heavy atom. The molecule has 3 rings (SSSR count). The van der Waals surface area contributed by atoms with E-state index >= 15 is 0 Å². The third kappa shape index (κ3) is 4.57. The summed E-state index contributed by atoms with van der Waals surface area (Å²) in [4.78, 5) is 24.6. The number of benzene rings is 1. The fourth-order valence-electron chi connectivity index (χ4n) is 3.00. The van der Waals surface area contributed by atoms with Gasteiger partial charge < -0.3 is 15.7 Å². The van der Waals surface area contributed by atoms with Crippen molar-refractivity contribution in [2.24, 2.45) is 11.8 Å². The van der Waals surface area contributed by atoms with Crippen molar-refractivity contribution >= 4 is 11.8 Å². The van der Waals surface area contributed by atoms with Gasteiger partial charge in [-0.15, -0.1) is 0 Å². The summed E-state index contributed by atoms with van der Waals surface area (Å²) in [7, 11) is 0. The minimum absolute atomic E-state index is 0.0163. The molecule has 2 fully saturated rings. The second-order valence-corrected chi connectivity index (χ2v) is 7.14. The number of rotatable bonds is 8. The highest BCUT2D eigenvalue weighted by atomic mass is 16.3. The molecule has 2 aliphatic carbocycles. The standard InChI is InChI=1S/C19H26N2O3/c1-12(22)17(21-18(23)15-9-10-15)19(24)20-16(14-7-8-14)11-13-5-3-2-4-6-13/h2-6,12,14-17,22H,7-11H2,1H3,(H,20,24)(H,21,23). The number of carbonyl (C=O) groups is 2. The molecular weight excluding hydrogens is 304 g/mol. The average Bonchev–Trinajstić information content (AvgIpc) is 3.44. The van der Waals surface area contributed by atoms with E-state index in [9.17, 15) is 14.7 Å². The van der Waals surface area contributed by atoms with E-state index < -0.39 is 12.1 Å². The van der Waals surface area contributed by atoms with Crippen LogP contribution in [0.5, 0.6) is 0 Å². The number of aliphatic hydroxyl groups is 1. The molecule has 3 unspecified atom stereocenters. The third-order valence-electron chi connectivity index (χ3n) is 4.83. The minimum atomic E-state index is -0.913. The first-order valence-corrected chi connectivity index (χ1v) is 8.87. The SMILES string of the molecule is CC(O)C(NC(=O)C1CC1)C(=O)NC(Cc1ccccc1)C1CC1. The second kappa shape index (κ2) is 7.34. The van der Waals surface area contributed by atoms with Crippen LogP contribution in [-0.4, -0.2) is 35.1 Å². The van der Waals surface area contributed by atoms with Crippen molar-refractivity contribution in [1.29, 1.82) is 0 Å². The lowest BCUT2D eigenvalue weighted by molar-refractivity contribution is -0.132. The maximum absolute atomic E-state index is 12.6. The van der Waals surface area contributed by atoms with Crippen LogP contribution in [0.4, 0.5) is 0 Å². The molecule has 5 heteroatoms. The summed E-state index contributed by atoms with van der Waals surface area (Å²) >= 11 is 0. The van der Waals surface area contributed by atoms with E-state index in [1.807, 2.05) is 18.2 Å². The Bertz CT molecular complexity index is 580. The molecular formula is C19H26N2O3. The molecule has 2 amide bonds. The van der Waals surface area contributed by atoms with Crippen LogP contribution in [-0.2, 0) is 16.0 Å². The fraction of sp³-hybridized carbons (Fsp3) is 0.579. The van der Waals surface area contributed by atoms with Gasteiger partial charge in [0.25, 0.3) is 0 Å². The van der Waals surface area contributed by atoms with Gasteiger partial charge in [0, 0.05) is 12.0 Å². The zero-order valence-electron chi connectivity index (χ0n) is 14.1. The van der Waals surface area contributed by atoms with E-state index in [4.69, 9.17) is 0 Å². The van der Waals surface area contributed by atoms with Gasteiger partial charge in [0.15, 0.2) is 0 Å². The molecule has 0 radical (unpaired) electrons. The average molecular weight is 330 g/mol. The Morgan fingerprint density at radius 3 is 2.33 bits per heavy atom. The maximum atomic E-state index is 12.6. The lowest BCUT2D eigenvalue weighted by Crippen LogP contribution is -2.55. The molecule has 2 saturated carbocycles. The number of carbonyl (C=O) groups excluding carboxylic acids is 2. The Balaban J connectivity index is 1.61. The Kier molecular flexibility index (Phi) is 5.19. The largest absolute Gasteiger partial charge is 0.391 e. The highest BCUT2D eigenvalue weighted by Gasteiger charge is 2.37. The number of hydrogen-bond donors (Lipinski definition) is 3. The smallest absolute Gasteiger partial charge is 0.245 e.